The number of nitrogen functional groups attached to an aromatic ring is 1. The van der Waals surface area contributed by atoms with E-state index >= 15 is 0 Å². The van der Waals surface area contributed by atoms with Gasteiger partial charge >= 0.3 is 0 Å². The quantitative estimate of drug-likeness (QED) is 0.517. The Labute approximate surface area is 192 Å². The molecule has 2 saturated heterocycles. The molecule has 2 spiro atoms. The summed E-state index contributed by atoms with van der Waals surface area (Å²) in [6.07, 6.45) is 3.71. The summed E-state index contributed by atoms with van der Waals surface area (Å²) in [7, 11) is 1.67. The van der Waals surface area contributed by atoms with E-state index in [0.29, 0.717) is 42.5 Å². The maximum Gasteiger partial charge on any atom is 0.263 e. The van der Waals surface area contributed by atoms with Crippen molar-refractivity contribution >= 4 is 23.4 Å². The summed E-state index contributed by atoms with van der Waals surface area (Å²) in [4.78, 5) is 43.9. The van der Waals surface area contributed by atoms with E-state index in [9.17, 15) is 19.5 Å². The third-order valence-electron chi connectivity index (χ3n) is 8.75. The Hall–Kier alpha value is -2.49. The molecule has 3 aliphatic heterocycles. The number of carbonyl (C=O) groups excluding carboxylic acids is 3. The Bertz CT molecular complexity index is 1040. The standard InChI is InChI=1S/C24H30N4O5/c1-26-21(31)24(27(22(26)32)9-14-10-33-11-14)12-23(13-24)7-5-15(6-8-23)28-19(29)16-3-2-4-17(25)18(16)20(28)30/h2-4,14-15,22,32H,5-13,25H2,1H3. The summed E-state index contributed by atoms with van der Waals surface area (Å²) in [6, 6.07) is 4.89. The predicted molar refractivity (Wildman–Crippen MR) is 118 cm³/mol. The molecule has 176 valence electrons. The molecule has 3 heterocycles. The van der Waals surface area contributed by atoms with Gasteiger partial charge in [0.2, 0.25) is 5.91 Å². The number of carbonyl (C=O) groups is 3. The lowest BCUT2D eigenvalue weighted by molar-refractivity contribution is -0.163. The summed E-state index contributed by atoms with van der Waals surface area (Å²) >= 11 is 0. The number of nitrogens with two attached hydrogens (primary N) is 1. The van der Waals surface area contributed by atoms with Gasteiger partial charge in [0.25, 0.3) is 11.8 Å². The van der Waals surface area contributed by atoms with E-state index in [1.807, 2.05) is 4.90 Å². The van der Waals surface area contributed by atoms with Crippen LogP contribution in [0, 0.1) is 11.3 Å². The molecule has 9 nitrogen and oxygen atoms in total. The highest BCUT2D eigenvalue weighted by Crippen LogP contribution is 2.62. The third-order valence-corrected chi connectivity index (χ3v) is 8.75. The van der Waals surface area contributed by atoms with E-state index in [2.05, 4.69) is 0 Å². The number of likely N-dealkylation sites (N-methyl/N-ethyl adjacent to an activating group) is 1. The van der Waals surface area contributed by atoms with Gasteiger partial charge in [-0.1, -0.05) is 6.07 Å². The van der Waals surface area contributed by atoms with Crippen LogP contribution in [0.25, 0.3) is 0 Å². The first-order chi connectivity index (χ1) is 15.8. The summed E-state index contributed by atoms with van der Waals surface area (Å²) in [5, 5.41) is 10.7. The second-order valence-electron chi connectivity index (χ2n) is 10.7. The molecule has 9 heteroatoms. The lowest BCUT2D eigenvalue weighted by Gasteiger charge is -2.59. The van der Waals surface area contributed by atoms with Crippen molar-refractivity contribution in [2.45, 2.75) is 56.5 Å². The molecule has 1 aromatic carbocycles. The minimum Gasteiger partial charge on any atom is -0.398 e. The summed E-state index contributed by atoms with van der Waals surface area (Å²) < 4.78 is 5.30. The molecule has 1 atom stereocenters. The van der Waals surface area contributed by atoms with Crippen molar-refractivity contribution in [2.24, 2.45) is 11.3 Å². The van der Waals surface area contributed by atoms with Crippen LogP contribution in [0.3, 0.4) is 0 Å². The first kappa shape index (κ1) is 21.1. The van der Waals surface area contributed by atoms with Crippen molar-refractivity contribution in [2.75, 3.05) is 32.5 Å². The fraction of sp³-hybridized carbons (Fsp3) is 0.625. The number of amides is 3. The zero-order valence-electron chi connectivity index (χ0n) is 18.8. The highest BCUT2D eigenvalue weighted by molar-refractivity contribution is 6.23. The van der Waals surface area contributed by atoms with Crippen LogP contribution in [0.15, 0.2) is 18.2 Å². The average Bonchev–Trinajstić information content (AvgIpc) is 3.10. The van der Waals surface area contributed by atoms with Crippen LogP contribution in [-0.4, -0.2) is 82.3 Å². The number of nitrogens with zero attached hydrogens (tertiary/aromatic N) is 3. The molecular weight excluding hydrogens is 424 g/mol. The number of benzene rings is 1. The molecule has 1 unspecified atom stereocenters. The minimum absolute atomic E-state index is 0.00110. The van der Waals surface area contributed by atoms with E-state index in [1.54, 1.807) is 25.2 Å². The second-order valence-corrected chi connectivity index (χ2v) is 10.7. The number of anilines is 1. The second kappa shape index (κ2) is 7.01. The molecule has 0 aromatic heterocycles. The molecule has 1 aromatic rings. The molecule has 5 aliphatic rings. The van der Waals surface area contributed by atoms with Gasteiger partial charge < -0.3 is 20.5 Å². The van der Waals surface area contributed by atoms with Crippen molar-refractivity contribution in [3.8, 4) is 0 Å². The first-order valence-electron chi connectivity index (χ1n) is 11.8. The Kier molecular flexibility index (Phi) is 4.47. The minimum atomic E-state index is -0.893. The van der Waals surface area contributed by atoms with Crippen molar-refractivity contribution in [1.82, 2.24) is 14.7 Å². The molecule has 3 N–H and O–H groups in total. The van der Waals surface area contributed by atoms with Crippen molar-refractivity contribution in [1.29, 1.82) is 0 Å². The van der Waals surface area contributed by atoms with Crippen LogP contribution in [0.2, 0.25) is 0 Å². The third kappa shape index (κ3) is 2.79. The van der Waals surface area contributed by atoms with Crippen LogP contribution in [-0.2, 0) is 9.53 Å². The fourth-order valence-corrected chi connectivity index (χ4v) is 6.95. The van der Waals surface area contributed by atoms with Crippen molar-refractivity contribution < 1.29 is 24.2 Å². The van der Waals surface area contributed by atoms with Crippen LogP contribution in [0.5, 0.6) is 0 Å². The predicted octanol–water partition coefficient (Wildman–Crippen LogP) is 1.02. The van der Waals surface area contributed by atoms with E-state index in [1.165, 1.54) is 9.80 Å². The lowest BCUT2D eigenvalue weighted by Crippen LogP contribution is -2.66. The molecule has 3 amide bonds. The van der Waals surface area contributed by atoms with Gasteiger partial charge in [-0.25, -0.2) is 4.90 Å². The zero-order valence-corrected chi connectivity index (χ0v) is 18.8. The zero-order chi connectivity index (χ0) is 23.1. The van der Waals surface area contributed by atoms with Crippen LogP contribution >= 0.6 is 0 Å². The molecular formula is C24H30N4O5. The summed E-state index contributed by atoms with van der Waals surface area (Å²) in [5.41, 5.74) is 6.44. The Morgan fingerprint density at radius 1 is 1.12 bits per heavy atom. The van der Waals surface area contributed by atoms with E-state index in [0.717, 1.165) is 38.5 Å². The average molecular weight is 455 g/mol. The number of rotatable bonds is 3. The molecule has 0 radical (unpaired) electrons. The number of fused-ring (bicyclic) bond motifs is 1. The highest BCUT2D eigenvalue weighted by Gasteiger charge is 2.68. The van der Waals surface area contributed by atoms with E-state index in [-0.39, 0.29) is 29.2 Å². The summed E-state index contributed by atoms with van der Waals surface area (Å²) in [6.45, 7) is 2.01. The molecule has 2 aliphatic carbocycles. The first-order valence-corrected chi connectivity index (χ1v) is 11.8. The van der Waals surface area contributed by atoms with Gasteiger partial charge in [0.15, 0.2) is 6.35 Å². The van der Waals surface area contributed by atoms with Gasteiger partial charge in [0.1, 0.15) is 5.54 Å². The SMILES string of the molecule is CN1C(=O)C2(CC3(CCC(N4C(=O)c5cccc(N)c5C4=O)CC3)C2)N(CC2COC2)C1O. The van der Waals surface area contributed by atoms with Gasteiger partial charge in [-0.15, -0.1) is 0 Å². The van der Waals surface area contributed by atoms with Gasteiger partial charge in [0, 0.05) is 31.2 Å². The van der Waals surface area contributed by atoms with Gasteiger partial charge in [0.05, 0.1) is 24.3 Å². The molecule has 33 heavy (non-hydrogen) atoms. The Morgan fingerprint density at radius 3 is 2.42 bits per heavy atom. The van der Waals surface area contributed by atoms with Gasteiger partial charge in [-0.2, -0.15) is 0 Å². The Balaban J connectivity index is 1.16. The summed E-state index contributed by atoms with van der Waals surface area (Å²) in [5.74, 6) is -0.190. The fourth-order valence-electron chi connectivity index (χ4n) is 6.95. The maximum absolute atomic E-state index is 13.1. The van der Waals surface area contributed by atoms with Crippen molar-refractivity contribution in [3.63, 3.8) is 0 Å². The van der Waals surface area contributed by atoms with Gasteiger partial charge in [-0.3, -0.25) is 19.3 Å². The van der Waals surface area contributed by atoms with Crippen LogP contribution in [0.1, 0.15) is 59.2 Å². The molecule has 2 saturated carbocycles. The number of aliphatic hydroxyl groups is 1. The molecule has 4 fully saturated rings. The van der Waals surface area contributed by atoms with Crippen LogP contribution < -0.4 is 5.73 Å². The normalized spacial score (nSPS) is 36.6. The van der Waals surface area contributed by atoms with E-state index < -0.39 is 11.9 Å². The van der Waals surface area contributed by atoms with Gasteiger partial charge in [-0.05, 0) is 56.1 Å². The topological polar surface area (TPSA) is 116 Å². The molecule has 0 bridgehead atoms. The van der Waals surface area contributed by atoms with Crippen LogP contribution in [0.4, 0.5) is 5.69 Å². The highest BCUT2D eigenvalue weighted by atomic mass is 16.5. The molecule has 6 rings (SSSR count). The Morgan fingerprint density at radius 2 is 1.82 bits per heavy atom. The number of ether oxygens (including phenoxy) is 1. The number of imide groups is 1. The lowest BCUT2D eigenvalue weighted by atomic mass is 9.51. The number of aliphatic hydroxyl groups excluding tert-OH is 1. The monoisotopic (exact) mass is 454 g/mol. The maximum atomic E-state index is 13.1. The largest absolute Gasteiger partial charge is 0.398 e. The number of hydrogen-bond acceptors (Lipinski definition) is 7. The van der Waals surface area contributed by atoms with Crippen molar-refractivity contribution in [3.05, 3.63) is 29.3 Å². The van der Waals surface area contributed by atoms with E-state index in [4.69, 9.17) is 10.5 Å². The smallest absolute Gasteiger partial charge is 0.263 e. The number of hydrogen-bond donors (Lipinski definition) is 2.